The molecule has 0 radical (unpaired) electrons. The van der Waals surface area contributed by atoms with Crippen LogP contribution in [0.5, 0.6) is 5.75 Å². The second kappa shape index (κ2) is 12.0. The van der Waals surface area contributed by atoms with Crippen LogP contribution in [0.3, 0.4) is 0 Å². The highest BCUT2D eigenvalue weighted by Gasteiger charge is 2.36. The zero-order chi connectivity index (χ0) is 33.6. The van der Waals surface area contributed by atoms with Crippen molar-refractivity contribution in [1.82, 2.24) is 9.55 Å². The molecule has 3 aromatic carbocycles. The number of aromatic nitrogens is 2. The summed E-state index contributed by atoms with van der Waals surface area (Å²) in [4.78, 5) is 3.20. The molecule has 17 heteroatoms. The SMILES string of the molecule is CCS(=O)(=O)c1cc(-c2ccc(-n3cc(C(F)(F)F)nc3C)c(N3N=NCC3c3ccc(OC(F)(F)F)cc3)c2)cc(F)c1CO. The lowest BCUT2D eigenvalue weighted by Gasteiger charge is -2.26. The summed E-state index contributed by atoms with van der Waals surface area (Å²) in [7, 11) is -3.99. The number of anilines is 1. The highest BCUT2D eigenvalue weighted by Crippen LogP contribution is 2.41. The van der Waals surface area contributed by atoms with Crippen molar-refractivity contribution in [2.75, 3.05) is 17.3 Å². The van der Waals surface area contributed by atoms with Crippen LogP contribution in [0.25, 0.3) is 16.8 Å². The number of benzene rings is 3. The minimum Gasteiger partial charge on any atom is -0.406 e. The molecule has 0 bridgehead atoms. The normalized spacial score (nSPS) is 15.5. The van der Waals surface area contributed by atoms with Gasteiger partial charge in [-0.2, -0.15) is 18.3 Å². The molecule has 0 amide bonds. The van der Waals surface area contributed by atoms with Gasteiger partial charge in [-0.3, -0.25) is 0 Å². The van der Waals surface area contributed by atoms with Gasteiger partial charge in [0.1, 0.15) is 23.4 Å². The van der Waals surface area contributed by atoms with E-state index >= 15 is 4.39 Å². The molecule has 1 N–H and O–H groups in total. The van der Waals surface area contributed by atoms with E-state index in [2.05, 4.69) is 20.1 Å². The Kier molecular flexibility index (Phi) is 8.59. The Morgan fingerprint density at radius 3 is 2.26 bits per heavy atom. The van der Waals surface area contributed by atoms with E-state index < -0.39 is 62.7 Å². The third-order valence-corrected chi connectivity index (χ3v) is 9.02. The number of aryl methyl sites for hydroxylation is 1. The van der Waals surface area contributed by atoms with Gasteiger partial charge in [0, 0.05) is 11.8 Å². The molecule has 46 heavy (non-hydrogen) atoms. The summed E-state index contributed by atoms with van der Waals surface area (Å²) in [5.41, 5.74) is -0.559. The second-order valence-corrected chi connectivity index (χ2v) is 12.4. The topological polar surface area (TPSA) is 109 Å². The van der Waals surface area contributed by atoms with E-state index in [9.17, 15) is 39.9 Å². The summed E-state index contributed by atoms with van der Waals surface area (Å²) in [5.74, 6) is -1.88. The molecule has 0 saturated heterocycles. The fraction of sp³-hybridized carbons (Fsp3) is 0.276. The number of imidazole rings is 1. The van der Waals surface area contributed by atoms with Crippen molar-refractivity contribution in [2.24, 2.45) is 10.3 Å². The number of hydrogen-bond donors (Lipinski definition) is 1. The van der Waals surface area contributed by atoms with Crippen LogP contribution in [0.2, 0.25) is 0 Å². The van der Waals surface area contributed by atoms with E-state index in [1.54, 1.807) is 0 Å². The summed E-state index contributed by atoms with van der Waals surface area (Å²) in [5, 5.41) is 19.2. The Hall–Kier alpha value is -4.51. The maximum Gasteiger partial charge on any atom is 0.573 e. The zero-order valence-corrected chi connectivity index (χ0v) is 24.8. The van der Waals surface area contributed by atoms with Crippen LogP contribution < -0.4 is 9.75 Å². The maximum absolute atomic E-state index is 15.1. The summed E-state index contributed by atoms with van der Waals surface area (Å²) < 4.78 is 125. The molecule has 4 aromatic rings. The van der Waals surface area contributed by atoms with Gasteiger partial charge in [0.15, 0.2) is 15.5 Å². The van der Waals surface area contributed by atoms with E-state index in [1.807, 2.05) is 0 Å². The molecule has 244 valence electrons. The van der Waals surface area contributed by atoms with Gasteiger partial charge in [0.2, 0.25) is 0 Å². The zero-order valence-electron chi connectivity index (χ0n) is 23.9. The third kappa shape index (κ3) is 6.55. The molecule has 0 fully saturated rings. The molecule has 1 unspecified atom stereocenters. The summed E-state index contributed by atoms with van der Waals surface area (Å²) in [6.07, 6.45) is -8.90. The standard InChI is InChI=1S/C29H24F7N5O4S/c1-3-46(43,44)26-12-19(10-22(30)21(26)15-42)18-6-9-23(40-14-27(28(31,32)33)38-16(40)2)24(11-18)41-25(13-37-39-41)17-4-7-20(8-5-17)45-29(34,35)36/h4-12,14,25,42H,3,13,15H2,1-2H3. The molecule has 0 aliphatic carbocycles. The quantitative estimate of drug-likeness (QED) is 0.200. The fourth-order valence-corrected chi connectivity index (χ4v) is 6.14. The number of aliphatic hydroxyl groups is 1. The number of ether oxygens (including phenoxy) is 1. The van der Waals surface area contributed by atoms with E-state index in [0.29, 0.717) is 5.56 Å². The van der Waals surface area contributed by atoms with Crippen molar-refractivity contribution in [3.05, 3.63) is 89.3 Å². The molecule has 1 aromatic heterocycles. The molecular formula is C29H24F7N5O4S. The molecular weight excluding hydrogens is 647 g/mol. The number of alkyl halides is 6. The second-order valence-electron chi connectivity index (χ2n) is 10.1. The number of rotatable bonds is 8. The third-order valence-electron chi connectivity index (χ3n) is 7.22. The van der Waals surface area contributed by atoms with E-state index in [0.717, 1.165) is 29.0 Å². The van der Waals surface area contributed by atoms with E-state index in [-0.39, 0.29) is 40.6 Å². The summed E-state index contributed by atoms with van der Waals surface area (Å²) in [6.45, 7) is 1.84. The minimum atomic E-state index is -4.91. The number of aliphatic hydroxyl groups excluding tert-OH is 1. The van der Waals surface area contributed by atoms with Crippen LogP contribution in [-0.2, 0) is 22.6 Å². The molecule has 0 spiro atoms. The van der Waals surface area contributed by atoms with Crippen molar-refractivity contribution in [1.29, 1.82) is 0 Å². The predicted molar refractivity (Wildman–Crippen MR) is 150 cm³/mol. The van der Waals surface area contributed by atoms with Gasteiger partial charge < -0.3 is 14.4 Å². The Balaban J connectivity index is 1.67. The van der Waals surface area contributed by atoms with Crippen molar-refractivity contribution in [3.63, 3.8) is 0 Å². The van der Waals surface area contributed by atoms with Crippen LogP contribution >= 0.6 is 0 Å². The van der Waals surface area contributed by atoms with Crippen LogP contribution in [0.4, 0.5) is 36.4 Å². The van der Waals surface area contributed by atoms with Gasteiger partial charge in [0.25, 0.3) is 0 Å². The van der Waals surface area contributed by atoms with E-state index in [4.69, 9.17) is 0 Å². The first-order valence-corrected chi connectivity index (χ1v) is 15.1. The number of halogens is 7. The first-order chi connectivity index (χ1) is 21.5. The fourth-order valence-electron chi connectivity index (χ4n) is 4.98. The highest BCUT2D eigenvalue weighted by molar-refractivity contribution is 7.91. The van der Waals surface area contributed by atoms with Gasteiger partial charge in [-0.25, -0.2) is 22.8 Å². The van der Waals surface area contributed by atoms with Crippen molar-refractivity contribution >= 4 is 15.5 Å². The highest BCUT2D eigenvalue weighted by atomic mass is 32.2. The first-order valence-electron chi connectivity index (χ1n) is 13.5. The lowest BCUT2D eigenvalue weighted by molar-refractivity contribution is -0.274. The predicted octanol–water partition coefficient (Wildman–Crippen LogP) is 7.12. The van der Waals surface area contributed by atoms with Crippen LogP contribution in [0.15, 0.2) is 76.0 Å². The van der Waals surface area contributed by atoms with Gasteiger partial charge in [0.05, 0.1) is 35.2 Å². The number of nitrogens with zero attached hydrogens (tertiary/aromatic N) is 5. The van der Waals surface area contributed by atoms with Crippen molar-refractivity contribution in [3.8, 4) is 22.6 Å². The monoisotopic (exact) mass is 671 g/mol. The van der Waals surface area contributed by atoms with Gasteiger partial charge in [-0.1, -0.05) is 30.3 Å². The van der Waals surface area contributed by atoms with Crippen LogP contribution in [0.1, 0.15) is 35.6 Å². The van der Waals surface area contributed by atoms with Gasteiger partial charge in [-0.05, 0) is 60.0 Å². The number of sulfone groups is 1. The van der Waals surface area contributed by atoms with Gasteiger partial charge >= 0.3 is 12.5 Å². The summed E-state index contributed by atoms with van der Waals surface area (Å²) in [6, 6.07) is 10.6. The molecule has 0 saturated carbocycles. The van der Waals surface area contributed by atoms with Crippen LogP contribution in [-0.4, -0.2) is 41.7 Å². The average molecular weight is 672 g/mol. The maximum atomic E-state index is 15.1. The van der Waals surface area contributed by atoms with E-state index in [1.165, 1.54) is 55.3 Å². The average Bonchev–Trinajstić information content (AvgIpc) is 3.63. The van der Waals surface area contributed by atoms with Crippen molar-refractivity contribution in [2.45, 2.75) is 43.9 Å². The Bertz CT molecular complexity index is 1910. The molecule has 1 atom stereocenters. The molecule has 1 aliphatic heterocycles. The Labute approximate surface area is 257 Å². The largest absolute Gasteiger partial charge is 0.573 e. The Morgan fingerprint density at radius 2 is 1.67 bits per heavy atom. The first kappa shape index (κ1) is 32.9. The molecule has 2 heterocycles. The van der Waals surface area contributed by atoms with Crippen molar-refractivity contribution < 1.29 is 49.0 Å². The summed E-state index contributed by atoms with van der Waals surface area (Å²) >= 11 is 0. The lowest BCUT2D eigenvalue weighted by Crippen LogP contribution is -2.22. The van der Waals surface area contributed by atoms with Crippen LogP contribution in [0, 0.1) is 12.7 Å². The lowest BCUT2D eigenvalue weighted by atomic mass is 10.0. The smallest absolute Gasteiger partial charge is 0.406 e. The number of hydrogen-bond acceptors (Lipinski definition) is 8. The molecule has 9 nitrogen and oxygen atoms in total. The molecule has 1 aliphatic rings. The van der Waals surface area contributed by atoms with Gasteiger partial charge in [-0.15, -0.1) is 13.2 Å². The molecule has 5 rings (SSSR count). The Morgan fingerprint density at radius 1 is 0.978 bits per heavy atom. The minimum absolute atomic E-state index is 0.0125.